The molecule has 3 nitrogen and oxygen atoms in total. The van der Waals surface area contributed by atoms with Crippen molar-refractivity contribution in [2.24, 2.45) is 0 Å². The van der Waals surface area contributed by atoms with Gasteiger partial charge in [-0.15, -0.1) is 0 Å². The summed E-state index contributed by atoms with van der Waals surface area (Å²) in [6, 6.07) is 5.42. The molecule has 104 valence electrons. The molecule has 0 N–H and O–H groups in total. The molecule has 20 heavy (non-hydrogen) atoms. The summed E-state index contributed by atoms with van der Waals surface area (Å²) < 4.78 is 4.86. The van der Waals surface area contributed by atoms with Crippen LogP contribution in [0.2, 0.25) is 10.0 Å². The molecule has 0 spiro atoms. The number of hydrogen-bond donors (Lipinski definition) is 0. The third-order valence-electron chi connectivity index (χ3n) is 2.72. The van der Waals surface area contributed by atoms with Crippen LogP contribution in [0.1, 0.15) is 18.2 Å². The number of benzene rings is 1. The standard InChI is InChI=1S/C15H13Cl2NO2/c1-3-20-13(19)7-4-10-8-9(2)18-15-11(10)5-6-12(16)14(15)17/h4-8H,3H2,1-2H3/b7-4+. The molecule has 1 aromatic carbocycles. The fourth-order valence-electron chi connectivity index (χ4n) is 1.88. The molecule has 0 aliphatic rings. The van der Waals surface area contributed by atoms with E-state index in [-0.39, 0.29) is 5.97 Å². The Morgan fingerprint density at radius 2 is 2.15 bits per heavy atom. The SMILES string of the molecule is CCOC(=O)/C=C/c1cc(C)nc2c(Cl)c(Cl)ccc12. The number of nitrogens with zero attached hydrogens (tertiary/aromatic N) is 1. The van der Waals surface area contributed by atoms with Crippen molar-refractivity contribution >= 4 is 46.2 Å². The summed E-state index contributed by atoms with van der Waals surface area (Å²) in [6.07, 6.45) is 3.08. The molecule has 0 amide bonds. The predicted octanol–water partition coefficient (Wildman–Crippen LogP) is 4.43. The first-order valence-corrected chi connectivity index (χ1v) is 6.88. The van der Waals surface area contributed by atoms with E-state index < -0.39 is 0 Å². The van der Waals surface area contributed by atoms with Crippen LogP contribution in [0.5, 0.6) is 0 Å². The number of carbonyl (C=O) groups excluding carboxylic acids is 1. The van der Waals surface area contributed by atoms with Gasteiger partial charge in [-0.05, 0) is 37.6 Å². The van der Waals surface area contributed by atoms with Gasteiger partial charge in [-0.1, -0.05) is 29.3 Å². The number of aromatic nitrogens is 1. The fraction of sp³-hybridized carbons (Fsp3) is 0.200. The number of rotatable bonds is 3. The molecule has 0 fully saturated rings. The minimum absolute atomic E-state index is 0.348. The maximum absolute atomic E-state index is 11.4. The Morgan fingerprint density at radius 3 is 2.85 bits per heavy atom. The van der Waals surface area contributed by atoms with Crippen LogP contribution >= 0.6 is 23.2 Å². The third-order valence-corrected chi connectivity index (χ3v) is 3.51. The normalized spacial score (nSPS) is 11.2. The van der Waals surface area contributed by atoms with Crippen LogP contribution in [0, 0.1) is 6.92 Å². The van der Waals surface area contributed by atoms with Crippen LogP contribution < -0.4 is 0 Å². The van der Waals surface area contributed by atoms with Gasteiger partial charge < -0.3 is 4.74 Å². The monoisotopic (exact) mass is 309 g/mol. The van der Waals surface area contributed by atoms with Gasteiger partial charge in [-0.3, -0.25) is 4.98 Å². The van der Waals surface area contributed by atoms with E-state index >= 15 is 0 Å². The highest BCUT2D eigenvalue weighted by atomic mass is 35.5. The van der Waals surface area contributed by atoms with Gasteiger partial charge in [0.1, 0.15) is 0 Å². The molecular weight excluding hydrogens is 297 g/mol. The first kappa shape index (κ1) is 14.8. The van der Waals surface area contributed by atoms with Crippen LogP contribution in [0.25, 0.3) is 17.0 Å². The number of ether oxygens (including phenoxy) is 1. The molecule has 0 aliphatic heterocycles. The third kappa shape index (κ3) is 3.11. The molecule has 2 rings (SSSR count). The first-order chi connectivity index (χ1) is 9.52. The molecule has 1 heterocycles. The van der Waals surface area contributed by atoms with E-state index in [9.17, 15) is 4.79 Å². The Bertz CT molecular complexity index is 696. The quantitative estimate of drug-likeness (QED) is 0.622. The zero-order valence-electron chi connectivity index (χ0n) is 11.1. The van der Waals surface area contributed by atoms with Gasteiger partial charge in [0.25, 0.3) is 0 Å². The lowest BCUT2D eigenvalue weighted by molar-refractivity contribution is -0.137. The van der Waals surface area contributed by atoms with Crippen LogP contribution in [-0.2, 0) is 9.53 Å². The fourth-order valence-corrected chi connectivity index (χ4v) is 2.24. The van der Waals surface area contributed by atoms with Crippen molar-refractivity contribution in [2.45, 2.75) is 13.8 Å². The molecule has 0 saturated carbocycles. The summed E-state index contributed by atoms with van der Waals surface area (Å²) in [4.78, 5) is 15.8. The highest BCUT2D eigenvalue weighted by Crippen LogP contribution is 2.31. The predicted molar refractivity (Wildman–Crippen MR) is 82.2 cm³/mol. The van der Waals surface area contributed by atoms with E-state index in [2.05, 4.69) is 4.98 Å². The van der Waals surface area contributed by atoms with E-state index in [1.807, 2.05) is 19.1 Å². The number of aryl methyl sites for hydroxylation is 1. The maximum atomic E-state index is 11.4. The Morgan fingerprint density at radius 1 is 1.40 bits per heavy atom. The van der Waals surface area contributed by atoms with E-state index in [1.54, 1.807) is 19.1 Å². The molecule has 0 unspecified atom stereocenters. The Kier molecular flexibility index (Phi) is 4.63. The number of fused-ring (bicyclic) bond motifs is 1. The highest BCUT2D eigenvalue weighted by Gasteiger charge is 2.09. The smallest absolute Gasteiger partial charge is 0.330 e. The lowest BCUT2D eigenvalue weighted by atomic mass is 10.1. The molecule has 5 heteroatoms. The molecule has 0 radical (unpaired) electrons. The van der Waals surface area contributed by atoms with Gasteiger partial charge in [0.05, 0.1) is 22.2 Å². The maximum Gasteiger partial charge on any atom is 0.330 e. The lowest BCUT2D eigenvalue weighted by Gasteiger charge is -2.07. The number of pyridine rings is 1. The summed E-state index contributed by atoms with van der Waals surface area (Å²) in [5, 5.41) is 1.71. The first-order valence-electron chi connectivity index (χ1n) is 6.13. The van der Waals surface area contributed by atoms with Crippen LogP contribution in [0.15, 0.2) is 24.3 Å². The van der Waals surface area contributed by atoms with Crippen molar-refractivity contribution in [2.75, 3.05) is 6.61 Å². The average Bonchev–Trinajstić information content (AvgIpc) is 2.41. The van der Waals surface area contributed by atoms with Crippen molar-refractivity contribution in [3.63, 3.8) is 0 Å². The van der Waals surface area contributed by atoms with Gasteiger partial charge in [0.15, 0.2) is 0 Å². The topological polar surface area (TPSA) is 39.2 Å². The van der Waals surface area contributed by atoms with Crippen molar-refractivity contribution in [1.82, 2.24) is 4.98 Å². The second-order valence-electron chi connectivity index (χ2n) is 4.20. The average molecular weight is 310 g/mol. The van der Waals surface area contributed by atoms with Gasteiger partial charge in [0.2, 0.25) is 0 Å². The summed E-state index contributed by atoms with van der Waals surface area (Å²) >= 11 is 12.2. The van der Waals surface area contributed by atoms with Gasteiger partial charge in [0, 0.05) is 17.2 Å². The molecule has 0 bridgehead atoms. The molecule has 0 aliphatic carbocycles. The zero-order valence-corrected chi connectivity index (χ0v) is 12.6. The minimum atomic E-state index is -0.379. The van der Waals surface area contributed by atoms with Crippen molar-refractivity contribution in [1.29, 1.82) is 0 Å². The minimum Gasteiger partial charge on any atom is -0.463 e. The van der Waals surface area contributed by atoms with E-state index in [0.717, 1.165) is 16.6 Å². The molecule has 0 saturated heterocycles. The lowest BCUT2D eigenvalue weighted by Crippen LogP contribution is -1.98. The number of halogens is 2. The van der Waals surface area contributed by atoms with E-state index in [1.165, 1.54) is 6.08 Å². The van der Waals surface area contributed by atoms with Gasteiger partial charge in [-0.25, -0.2) is 4.79 Å². The van der Waals surface area contributed by atoms with Crippen molar-refractivity contribution in [3.8, 4) is 0 Å². The zero-order chi connectivity index (χ0) is 14.7. The van der Waals surface area contributed by atoms with Gasteiger partial charge in [-0.2, -0.15) is 0 Å². The number of esters is 1. The molecule has 0 atom stereocenters. The van der Waals surface area contributed by atoms with E-state index in [0.29, 0.717) is 22.2 Å². The molecule has 2 aromatic rings. The van der Waals surface area contributed by atoms with Gasteiger partial charge >= 0.3 is 5.97 Å². The summed E-state index contributed by atoms with van der Waals surface area (Å²) in [5.74, 6) is -0.379. The number of carbonyl (C=O) groups is 1. The summed E-state index contributed by atoms with van der Waals surface area (Å²) in [6.45, 7) is 3.97. The molecule has 1 aromatic heterocycles. The van der Waals surface area contributed by atoms with Crippen LogP contribution in [0.3, 0.4) is 0 Å². The largest absolute Gasteiger partial charge is 0.463 e. The van der Waals surface area contributed by atoms with Crippen LogP contribution in [-0.4, -0.2) is 17.6 Å². The number of hydrogen-bond acceptors (Lipinski definition) is 3. The Labute approximate surface area is 127 Å². The highest BCUT2D eigenvalue weighted by molar-refractivity contribution is 6.45. The molecular formula is C15H13Cl2NO2. The summed E-state index contributed by atoms with van der Waals surface area (Å²) in [7, 11) is 0. The van der Waals surface area contributed by atoms with Crippen molar-refractivity contribution in [3.05, 3.63) is 45.6 Å². The second-order valence-corrected chi connectivity index (χ2v) is 4.98. The van der Waals surface area contributed by atoms with Crippen LogP contribution in [0.4, 0.5) is 0 Å². The van der Waals surface area contributed by atoms with E-state index in [4.69, 9.17) is 27.9 Å². The Hall–Kier alpha value is -1.58. The second kappa shape index (κ2) is 6.25. The van der Waals surface area contributed by atoms with Crippen molar-refractivity contribution < 1.29 is 9.53 Å². The summed E-state index contributed by atoms with van der Waals surface area (Å²) in [5.41, 5.74) is 2.27. The Balaban J connectivity index is 2.53.